The minimum atomic E-state index is -0.714. The molecule has 1 heterocycles. The molecule has 88 valence electrons. The molecule has 1 aliphatic rings. The first kappa shape index (κ1) is 11.1. The van der Waals surface area contributed by atoms with Gasteiger partial charge in [-0.25, -0.2) is 0 Å². The minimum Gasteiger partial charge on any atom is -0.388 e. The Hall–Kier alpha value is -1.36. The Kier molecular flexibility index (Phi) is 2.96. The zero-order valence-corrected chi connectivity index (χ0v) is 9.35. The third-order valence-electron chi connectivity index (χ3n) is 3.07. The molecular formula is C11H16N2O3. The van der Waals surface area contributed by atoms with E-state index in [9.17, 15) is 9.90 Å². The molecule has 5 nitrogen and oxygen atoms in total. The number of carbonyl (C=O) groups is 1. The fourth-order valence-corrected chi connectivity index (χ4v) is 2.22. The van der Waals surface area contributed by atoms with Crippen LogP contribution in [0, 0.1) is 0 Å². The third kappa shape index (κ3) is 2.24. The molecule has 0 atom stereocenters. The molecule has 1 aromatic rings. The summed E-state index contributed by atoms with van der Waals surface area (Å²) in [4.78, 5) is 13.3. The Labute approximate surface area is 94.0 Å². The lowest BCUT2D eigenvalue weighted by Gasteiger charge is -2.28. The van der Waals surface area contributed by atoms with Crippen molar-refractivity contribution in [1.82, 2.24) is 10.1 Å². The van der Waals surface area contributed by atoms with Gasteiger partial charge in [0.15, 0.2) is 5.69 Å². The number of aromatic nitrogens is 1. The van der Waals surface area contributed by atoms with Crippen molar-refractivity contribution in [3.8, 4) is 0 Å². The molecule has 5 heteroatoms. The van der Waals surface area contributed by atoms with Crippen LogP contribution in [0.25, 0.3) is 0 Å². The van der Waals surface area contributed by atoms with Crippen molar-refractivity contribution in [2.75, 3.05) is 13.6 Å². The SMILES string of the molecule is CN(CC1(O)CCCC1)C(=O)c1ccon1. The smallest absolute Gasteiger partial charge is 0.275 e. The van der Waals surface area contributed by atoms with Crippen LogP contribution in [0.1, 0.15) is 36.2 Å². The average Bonchev–Trinajstić information content (AvgIpc) is 2.87. The highest BCUT2D eigenvalue weighted by Gasteiger charge is 2.33. The maximum absolute atomic E-state index is 11.8. The molecule has 0 aromatic carbocycles. The van der Waals surface area contributed by atoms with Gasteiger partial charge in [0.25, 0.3) is 5.91 Å². The van der Waals surface area contributed by atoms with E-state index in [0.717, 1.165) is 25.7 Å². The van der Waals surface area contributed by atoms with Gasteiger partial charge in [-0.15, -0.1) is 0 Å². The number of rotatable bonds is 3. The summed E-state index contributed by atoms with van der Waals surface area (Å²) in [6.07, 6.45) is 4.96. The predicted molar refractivity (Wildman–Crippen MR) is 56.9 cm³/mol. The molecular weight excluding hydrogens is 208 g/mol. The molecule has 0 bridgehead atoms. The molecule has 1 amide bonds. The standard InChI is InChI=1S/C11H16N2O3/c1-13(8-11(15)5-2-3-6-11)10(14)9-4-7-16-12-9/h4,7,15H,2-3,5-6,8H2,1H3. The zero-order valence-electron chi connectivity index (χ0n) is 9.35. The first-order valence-electron chi connectivity index (χ1n) is 5.49. The molecule has 1 N–H and O–H groups in total. The fraction of sp³-hybridized carbons (Fsp3) is 0.636. The van der Waals surface area contributed by atoms with E-state index in [-0.39, 0.29) is 11.6 Å². The van der Waals surface area contributed by atoms with Gasteiger partial charge in [-0.05, 0) is 12.8 Å². The lowest BCUT2D eigenvalue weighted by atomic mass is 10.0. The first-order valence-corrected chi connectivity index (χ1v) is 5.49. The highest BCUT2D eigenvalue weighted by molar-refractivity contribution is 5.91. The fourth-order valence-electron chi connectivity index (χ4n) is 2.22. The number of aliphatic hydroxyl groups is 1. The largest absolute Gasteiger partial charge is 0.388 e. The molecule has 1 aromatic heterocycles. The van der Waals surface area contributed by atoms with Crippen molar-refractivity contribution in [1.29, 1.82) is 0 Å². The van der Waals surface area contributed by atoms with E-state index in [1.54, 1.807) is 7.05 Å². The molecule has 0 aliphatic heterocycles. The molecule has 2 rings (SSSR count). The van der Waals surface area contributed by atoms with Gasteiger partial charge >= 0.3 is 0 Å². The molecule has 0 radical (unpaired) electrons. The number of hydrogen-bond acceptors (Lipinski definition) is 4. The van der Waals surface area contributed by atoms with Crippen molar-refractivity contribution < 1.29 is 14.4 Å². The van der Waals surface area contributed by atoms with Crippen LogP contribution in [0.5, 0.6) is 0 Å². The predicted octanol–water partition coefficient (Wildman–Crippen LogP) is 1.05. The van der Waals surface area contributed by atoms with E-state index < -0.39 is 5.60 Å². The van der Waals surface area contributed by atoms with Gasteiger partial charge in [-0.2, -0.15) is 0 Å². The van der Waals surface area contributed by atoms with Gasteiger partial charge in [0, 0.05) is 19.7 Å². The van der Waals surface area contributed by atoms with Crippen LogP contribution in [0.3, 0.4) is 0 Å². The van der Waals surface area contributed by atoms with Crippen molar-refractivity contribution >= 4 is 5.91 Å². The van der Waals surface area contributed by atoms with Gasteiger partial charge < -0.3 is 14.5 Å². The second-order valence-corrected chi connectivity index (χ2v) is 4.48. The number of nitrogens with zero attached hydrogens (tertiary/aromatic N) is 2. The van der Waals surface area contributed by atoms with Crippen LogP contribution in [-0.4, -0.2) is 40.3 Å². The van der Waals surface area contributed by atoms with Crippen LogP contribution in [0.2, 0.25) is 0 Å². The second kappa shape index (κ2) is 4.25. The lowest BCUT2D eigenvalue weighted by molar-refractivity contribution is 0.0153. The van der Waals surface area contributed by atoms with Crippen LogP contribution < -0.4 is 0 Å². The van der Waals surface area contributed by atoms with Gasteiger partial charge in [0.05, 0.1) is 5.60 Å². The molecule has 1 saturated carbocycles. The average molecular weight is 224 g/mol. The lowest BCUT2D eigenvalue weighted by Crippen LogP contribution is -2.42. The van der Waals surface area contributed by atoms with E-state index >= 15 is 0 Å². The maximum Gasteiger partial charge on any atom is 0.275 e. The van der Waals surface area contributed by atoms with E-state index in [4.69, 9.17) is 0 Å². The Morgan fingerprint density at radius 1 is 1.62 bits per heavy atom. The summed E-state index contributed by atoms with van der Waals surface area (Å²) in [6, 6.07) is 1.53. The summed E-state index contributed by atoms with van der Waals surface area (Å²) < 4.78 is 4.62. The van der Waals surface area contributed by atoms with Gasteiger partial charge in [0.1, 0.15) is 6.26 Å². The summed E-state index contributed by atoms with van der Waals surface area (Å²) in [5, 5.41) is 13.8. The summed E-state index contributed by atoms with van der Waals surface area (Å²) in [5.41, 5.74) is -0.433. The molecule has 1 aliphatic carbocycles. The number of amides is 1. The van der Waals surface area contributed by atoms with Crippen LogP contribution >= 0.6 is 0 Å². The highest BCUT2D eigenvalue weighted by Crippen LogP contribution is 2.30. The van der Waals surface area contributed by atoms with Crippen LogP contribution in [0.15, 0.2) is 16.9 Å². The van der Waals surface area contributed by atoms with Crippen molar-refractivity contribution in [2.45, 2.75) is 31.3 Å². The summed E-state index contributed by atoms with van der Waals surface area (Å²) in [5.74, 6) is -0.214. The van der Waals surface area contributed by atoms with E-state index in [1.165, 1.54) is 17.2 Å². The maximum atomic E-state index is 11.8. The number of carbonyl (C=O) groups excluding carboxylic acids is 1. The van der Waals surface area contributed by atoms with Gasteiger partial charge in [0.2, 0.25) is 0 Å². The number of likely N-dealkylation sites (N-methyl/N-ethyl adjacent to an activating group) is 1. The van der Waals surface area contributed by atoms with Crippen LogP contribution in [-0.2, 0) is 0 Å². The molecule has 1 fully saturated rings. The first-order chi connectivity index (χ1) is 7.61. The molecule has 16 heavy (non-hydrogen) atoms. The van der Waals surface area contributed by atoms with E-state index in [0.29, 0.717) is 6.54 Å². The summed E-state index contributed by atoms with van der Waals surface area (Å²) >= 11 is 0. The normalized spacial score (nSPS) is 18.6. The van der Waals surface area contributed by atoms with Crippen molar-refractivity contribution in [3.63, 3.8) is 0 Å². The third-order valence-corrected chi connectivity index (χ3v) is 3.07. The number of hydrogen-bond donors (Lipinski definition) is 1. The second-order valence-electron chi connectivity index (χ2n) is 4.48. The summed E-state index contributed by atoms with van der Waals surface area (Å²) in [7, 11) is 1.67. The van der Waals surface area contributed by atoms with Gasteiger partial charge in [-0.1, -0.05) is 18.0 Å². The molecule has 0 unspecified atom stereocenters. The summed E-state index contributed by atoms with van der Waals surface area (Å²) in [6.45, 7) is 0.360. The van der Waals surface area contributed by atoms with Crippen LogP contribution in [0.4, 0.5) is 0 Å². The van der Waals surface area contributed by atoms with E-state index in [2.05, 4.69) is 9.68 Å². The Morgan fingerprint density at radius 3 is 2.88 bits per heavy atom. The monoisotopic (exact) mass is 224 g/mol. The van der Waals surface area contributed by atoms with Crippen molar-refractivity contribution in [2.24, 2.45) is 0 Å². The minimum absolute atomic E-state index is 0.214. The molecule has 0 spiro atoms. The highest BCUT2D eigenvalue weighted by atomic mass is 16.5. The molecule has 0 saturated heterocycles. The Bertz CT molecular complexity index is 355. The Balaban J connectivity index is 1.97. The topological polar surface area (TPSA) is 66.6 Å². The van der Waals surface area contributed by atoms with Gasteiger partial charge in [-0.3, -0.25) is 4.79 Å². The van der Waals surface area contributed by atoms with E-state index in [1.807, 2.05) is 0 Å². The quantitative estimate of drug-likeness (QED) is 0.833. The van der Waals surface area contributed by atoms with Crippen molar-refractivity contribution in [3.05, 3.63) is 18.0 Å². The zero-order chi connectivity index (χ0) is 11.6. The Morgan fingerprint density at radius 2 is 2.31 bits per heavy atom.